The molecule has 0 bridgehead atoms. The Morgan fingerprint density at radius 3 is 2.55 bits per heavy atom. The highest BCUT2D eigenvalue weighted by Crippen LogP contribution is 2.45. The van der Waals surface area contributed by atoms with Gasteiger partial charge in [-0.2, -0.15) is 4.98 Å². The van der Waals surface area contributed by atoms with E-state index in [1.807, 2.05) is 14.0 Å². The Morgan fingerprint density at radius 2 is 1.90 bits per heavy atom. The maximum Gasteiger partial charge on any atom is 0.243 e. The lowest BCUT2D eigenvalue weighted by Gasteiger charge is -2.25. The summed E-state index contributed by atoms with van der Waals surface area (Å²) in [4.78, 5) is 4.67. The van der Waals surface area contributed by atoms with Gasteiger partial charge in [0.2, 0.25) is 5.89 Å². The maximum absolute atomic E-state index is 5.45. The Bertz CT molecular complexity index is 558. The fraction of sp³-hybridized carbons (Fsp3) is 0.500. The van der Waals surface area contributed by atoms with Gasteiger partial charge < -0.3 is 9.84 Å². The molecule has 1 N–H and O–H groups in total. The van der Waals surface area contributed by atoms with Crippen LogP contribution in [0.4, 0.5) is 0 Å². The van der Waals surface area contributed by atoms with E-state index in [1.165, 1.54) is 18.4 Å². The first kappa shape index (κ1) is 13.3. The zero-order chi connectivity index (χ0) is 14.0. The average Bonchev–Trinajstić information content (AvgIpc) is 3.17. The lowest BCUT2D eigenvalue weighted by atomic mass is 9.78. The molecule has 4 nitrogen and oxygen atoms in total. The van der Waals surface area contributed by atoms with Crippen LogP contribution in [0.2, 0.25) is 0 Å². The van der Waals surface area contributed by atoms with Crippen molar-refractivity contribution in [2.24, 2.45) is 0 Å². The van der Waals surface area contributed by atoms with Crippen molar-refractivity contribution in [3.63, 3.8) is 0 Å². The molecule has 0 aliphatic heterocycles. The molecule has 0 saturated heterocycles. The Morgan fingerprint density at radius 1 is 1.20 bits per heavy atom. The van der Waals surface area contributed by atoms with Crippen molar-refractivity contribution in [2.45, 2.75) is 44.1 Å². The van der Waals surface area contributed by atoms with Crippen LogP contribution in [-0.4, -0.2) is 17.2 Å². The minimum atomic E-state index is -0.0591. The molecule has 4 heteroatoms. The van der Waals surface area contributed by atoms with Gasteiger partial charge in [0.05, 0.1) is 11.5 Å². The molecule has 20 heavy (non-hydrogen) atoms. The summed E-state index contributed by atoms with van der Waals surface area (Å²) < 4.78 is 5.45. The molecule has 1 heterocycles. The van der Waals surface area contributed by atoms with E-state index in [1.54, 1.807) is 0 Å². The Balaban J connectivity index is 2.01. The Kier molecular flexibility index (Phi) is 3.57. The molecule has 1 saturated carbocycles. The predicted octanol–water partition coefficient (Wildman–Crippen LogP) is 3.21. The Labute approximate surface area is 119 Å². The van der Waals surface area contributed by atoms with Gasteiger partial charge in [0.25, 0.3) is 0 Å². The molecule has 0 spiro atoms. The second-order valence-corrected chi connectivity index (χ2v) is 5.62. The molecule has 2 aromatic rings. The van der Waals surface area contributed by atoms with Gasteiger partial charge in [0, 0.05) is 0 Å². The zero-order valence-corrected chi connectivity index (χ0v) is 12.1. The summed E-state index contributed by atoms with van der Waals surface area (Å²) in [6, 6.07) is 10.7. The molecule has 106 valence electrons. The summed E-state index contributed by atoms with van der Waals surface area (Å²) in [5.74, 6) is 1.52. The lowest BCUT2D eigenvalue weighted by Crippen LogP contribution is -2.25. The van der Waals surface area contributed by atoms with Crippen LogP contribution in [0.5, 0.6) is 0 Å². The molecule has 1 fully saturated rings. The van der Waals surface area contributed by atoms with Gasteiger partial charge in [-0.05, 0) is 32.4 Å². The van der Waals surface area contributed by atoms with Crippen molar-refractivity contribution < 1.29 is 4.52 Å². The third-order valence-electron chi connectivity index (χ3n) is 4.46. The fourth-order valence-electron chi connectivity index (χ4n) is 3.11. The molecule has 0 amide bonds. The van der Waals surface area contributed by atoms with E-state index in [9.17, 15) is 0 Å². The summed E-state index contributed by atoms with van der Waals surface area (Å²) in [5, 5.41) is 7.43. The topological polar surface area (TPSA) is 51.0 Å². The zero-order valence-electron chi connectivity index (χ0n) is 12.1. The first-order valence-corrected chi connectivity index (χ1v) is 7.33. The van der Waals surface area contributed by atoms with Crippen LogP contribution in [0, 0.1) is 0 Å². The van der Waals surface area contributed by atoms with Gasteiger partial charge in [-0.3, -0.25) is 0 Å². The number of nitrogens with zero attached hydrogens (tertiary/aromatic N) is 2. The van der Waals surface area contributed by atoms with E-state index >= 15 is 0 Å². The molecule has 1 unspecified atom stereocenters. The minimum Gasteiger partial charge on any atom is -0.338 e. The largest absolute Gasteiger partial charge is 0.338 e. The molecule has 1 aromatic heterocycles. The smallest absolute Gasteiger partial charge is 0.243 e. The summed E-state index contributed by atoms with van der Waals surface area (Å²) in [7, 11) is 1.90. The summed E-state index contributed by atoms with van der Waals surface area (Å²) in [6.07, 6.45) is 4.65. The van der Waals surface area contributed by atoms with Crippen LogP contribution in [0.3, 0.4) is 0 Å². The molecular formula is C16H21N3O. The van der Waals surface area contributed by atoms with Gasteiger partial charge in [-0.1, -0.05) is 48.3 Å². The van der Waals surface area contributed by atoms with Gasteiger partial charge in [-0.25, -0.2) is 0 Å². The predicted molar refractivity (Wildman–Crippen MR) is 77.5 cm³/mol. The molecule has 3 rings (SSSR count). The van der Waals surface area contributed by atoms with Crippen LogP contribution < -0.4 is 5.32 Å². The van der Waals surface area contributed by atoms with Crippen molar-refractivity contribution in [3.8, 4) is 0 Å². The van der Waals surface area contributed by atoms with E-state index in [0.29, 0.717) is 5.89 Å². The third-order valence-corrected chi connectivity index (χ3v) is 4.46. The van der Waals surface area contributed by atoms with Gasteiger partial charge in [0.15, 0.2) is 5.82 Å². The van der Waals surface area contributed by atoms with E-state index in [-0.39, 0.29) is 11.5 Å². The summed E-state index contributed by atoms with van der Waals surface area (Å²) in [5.41, 5.74) is 1.25. The summed E-state index contributed by atoms with van der Waals surface area (Å²) in [6.45, 7) is 2.03. The van der Waals surface area contributed by atoms with E-state index in [2.05, 4.69) is 45.8 Å². The van der Waals surface area contributed by atoms with Crippen molar-refractivity contribution in [3.05, 3.63) is 47.6 Å². The van der Waals surface area contributed by atoms with Crippen LogP contribution in [-0.2, 0) is 5.41 Å². The lowest BCUT2D eigenvalue weighted by molar-refractivity contribution is 0.335. The quantitative estimate of drug-likeness (QED) is 0.927. The van der Waals surface area contributed by atoms with Gasteiger partial charge in [-0.15, -0.1) is 0 Å². The van der Waals surface area contributed by atoms with Crippen LogP contribution in [0.15, 0.2) is 34.9 Å². The fourth-order valence-corrected chi connectivity index (χ4v) is 3.11. The van der Waals surface area contributed by atoms with Crippen molar-refractivity contribution in [2.75, 3.05) is 7.05 Å². The standard InChI is InChI=1S/C16H21N3O/c1-12(17-2)14-18-15(19-20-14)16(10-6-7-11-16)13-8-4-3-5-9-13/h3-5,8-9,12,17H,6-7,10-11H2,1-2H3. The highest BCUT2D eigenvalue weighted by atomic mass is 16.5. The third kappa shape index (κ3) is 2.14. The van der Waals surface area contributed by atoms with E-state index in [0.717, 1.165) is 18.7 Å². The number of hydrogen-bond acceptors (Lipinski definition) is 4. The van der Waals surface area contributed by atoms with Gasteiger partial charge in [0.1, 0.15) is 0 Å². The molecule has 1 aliphatic carbocycles. The summed E-state index contributed by atoms with van der Waals surface area (Å²) >= 11 is 0. The number of benzene rings is 1. The highest BCUT2D eigenvalue weighted by Gasteiger charge is 2.41. The maximum atomic E-state index is 5.45. The highest BCUT2D eigenvalue weighted by molar-refractivity contribution is 5.33. The monoisotopic (exact) mass is 271 g/mol. The first-order chi connectivity index (χ1) is 9.76. The van der Waals surface area contributed by atoms with Gasteiger partial charge >= 0.3 is 0 Å². The van der Waals surface area contributed by atoms with Crippen LogP contribution in [0.25, 0.3) is 0 Å². The number of hydrogen-bond donors (Lipinski definition) is 1. The van der Waals surface area contributed by atoms with Crippen LogP contribution in [0.1, 0.15) is 55.9 Å². The Hall–Kier alpha value is -1.68. The van der Waals surface area contributed by atoms with E-state index in [4.69, 9.17) is 4.52 Å². The normalized spacial score (nSPS) is 19.1. The number of rotatable bonds is 4. The van der Waals surface area contributed by atoms with Crippen molar-refractivity contribution >= 4 is 0 Å². The van der Waals surface area contributed by atoms with Crippen molar-refractivity contribution in [1.82, 2.24) is 15.5 Å². The number of aromatic nitrogens is 2. The van der Waals surface area contributed by atoms with Crippen molar-refractivity contribution in [1.29, 1.82) is 0 Å². The second kappa shape index (κ2) is 5.37. The minimum absolute atomic E-state index is 0.0591. The molecule has 1 atom stereocenters. The molecule has 1 aromatic carbocycles. The second-order valence-electron chi connectivity index (χ2n) is 5.62. The first-order valence-electron chi connectivity index (χ1n) is 7.33. The SMILES string of the molecule is CNC(C)c1nc(C2(c3ccccc3)CCCC2)no1. The molecule has 1 aliphatic rings. The average molecular weight is 271 g/mol. The molecular weight excluding hydrogens is 250 g/mol. The van der Waals surface area contributed by atoms with E-state index < -0.39 is 0 Å². The van der Waals surface area contributed by atoms with Crippen LogP contribution >= 0.6 is 0 Å². The molecule has 0 radical (unpaired) electrons. The number of nitrogens with one attached hydrogen (secondary N) is 1.